The second-order valence-electron chi connectivity index (χ2n) is 2.95. The third kappa shape index (κ3) is 2.63. The Hall–Kier alpha value is -1.69. The lowest BCUT2D eigenvalue weighted by atomic mass is 10.2. The number of nitrogens with one attached hydrogen (secondary N) is 1. The minimum absolute atomic E-state index is 0.0748. The van der Waals surface area contributed by atoms with Gasteiger partial charge in [-0.2, -0.15) is 0 Å². The van der Waals surface area contributed by atoms with Gasteiger partial charge in [0, 0.05) is 24.1 Å². The lowest BCUT2D eigenvalue weighted by Crippen LogP contribution is -1.97. The van der Waals surface area contributed by atoms with Crippen LogP contribution < -0.4 is 5.32 Å². The number of phenolic OH excluding ortho intramolecular Hbond substituents is 1. The van der Waals surface area contributed by atoms with Gasteiger partial charge in [-0.25, -0.2) is 4.39 Å². The van der Waals surface area contributed by atoms with Crippen LogP contribution in [-0.2, 0) is 6.54 Å². The van der Waals surface area contributed by atoms with Gasteiger partial charge in [0.25, 0.3) is 0 Å². The molecule has 2 rings (SSSR count). The van der Waals surface area contributed by atoms with Crippen molar-refractivity contribution < 1.29 is 9.50 Å². The van der Waals surface area contributed by atoms with Crippen LogP contribution in [0.15, 0.2) is 24.4 Å². The number of hydrogen-bond donors (Lipinski definition) is 2. The minimum atomic E-state index is -0.450. The predicted molar refractivity (Wildman–Crippen MR) is 55.3 cm³/mol. The molecule has 0 aliphatic rings. The van der Waals surface area contributed by atoms with E-state index in [4.69, 9.17) is 5.11 Å². The van der Waals surface area contributed by atoms with Gasteiger partial charge in [-0.15, -0.1) is 5.10 Å². The van der Waals surface area contributed by atoms with Crippen molar-refractivity contribution in [3.63, 3.8) is 0 Å². The van der Waals surface area contributed by atoms with Crippen LogP contribution in [0.1, 0.15) is 5.56 Å². The standard InChI is InChI=1S/C9H8FN3OS/c10-7-1-6(2-8(14)3-7)4-11-9-5-12-13-15-9/h1-3,5,11,14H,4H2. The van der Waals surface area contributed by atoms with Gasteiger partial charge in [-0.1, -0.05) is 4.49 Å². The number of anilines is 1. The number of aromatic hydroxyl groups is 1. The Morgan fingerprint density at radius 3 is 2.93 bits per heavy atom. The predicted octanol–water partition coefficient (Wildman–Crippen LogP) is 1.99. The molecule has 15 heavy (non-hydrogen) atoms. The molecule has 4 nitrogen and oxygen atoms in total. The Morgan fingerprint density at radius 1 is 1.40 bits per heavy atom. The van der Waals surface area contributed by atoms with Crippen LogP contribution in [-0.4, -0.2) is 14.7 Å². The van der Waals surface area contributed by atoms with Crippen molar-refractivity contribution in [2.45, 2.75) is 6.54 Å². The zero-order valence-electron chi connectivity index (χ0n) is 7.64. The molecule has 0 aliphatic carbocycles. The smallest absolute Gasteiger partial charge is 0.130 e. The normalized spacial score (nSPS) is 10.2. The number of rotatable bonds is 3. The fraction of sp³-hybridized carbons (Fsp3) is 0.111. The largest absolute Gasteiger partial charge is 0.508 e. The van der Waals surface area contributed by atoms with Gasteiger partial charge in [0.15, 0.2) is 0 Å². The third-order valence-corrected chi connectivity index (χ3v) is 2.39. The van der Waals surface area contributed by atoms with Gasteiger partial charge in [0.2, 0.25) is 0 Å². The zero-order valence-corrected chi connectivity index (χ0v) is 8.46. The molecule has 78 valence electrons. The van der Waals surface area contributed by atoms with E-state index in [1.165, 1.54) is 23.7 Å². The third-order valence-electron chi connectivity index (χ3n) is 1.77. The molecule has 0 atom stereocenters. The van der Waals surface area contributed by atoms with Gasteiger partial charge in [0.1, 0.15) is 16.6 Å². The highest BCUT2D eigenvalue weighted by Crippen LogP contribution is 2.16. The maximum atomic E-state index is 12.9. The maximum Gasteiger partial charge on any atom is 0.130 e. The van der Waals surface area contributed by atoms with E-state index in [1.54, 1.807) is 6.20 Å². The monoisotopic (exact) mass is 225 g/mol. The summed E-state index contributed by atoms with van der Waals surface area (Å²) < 4.78 is 16.6. The lowest BCUT2D eigenvalue weighted by Gasteiger charge is -2.03. The Balaban J connectivity index is 2.05. The lowest BCUT2D eigenvalue weighted by molar-refractivity contribution is 0.468. The SMILES string of the molecule is Oc1cc(F)cc(CNc2cnns2)c1. The molecule has 0 unspecified atom stereocenters. The number of benzene rings is 1. The van der Waals surface area contributed by atoms with Crippen molar-refractivity contribution in [2.75, 3.05) is 5.32 Å². The summed E-state index contributed by atoms with van der Waals surface area (Å²) in [7, 11) is 0. The van der Waals surface area contributed by atoms with Crippen molar-refractivity contribution in [3.05, 3.63) is 35.8 Å². The highest BCUT2D eigenvalue weighted by Gasteiger charge is 2.00. The van der Waals surface area contributed by atoms with Crippen molar-refractivity contribution in [1.29, 1.82) is 0 Å². The number of halogens is 1. The van der Waals surface area contributed by atoms with Crippen molar-refractivity contribution in [2.24, 2.45) is 0 Å². The number of nitrogens with zero attached hydrogens (tertiary/aromatic N) is 2. The highest BCUT2D eigenvalue weighted by atomic mass is 32.1. The van der Waals surface area contributed by atoms with Crippen LogP contribution >= 0.6 is 11.5 Å². The number of aromatic nitrogens is 2. The molecule has 0 aliphatic heterocycles. The summed E-state index contributed by atoms with van der Waals surface area (Å²) in [6.07, 6.45) is 1.59. The van der Waals surface area contributed by atoms with Crippen LogP contribution in [0.25, 0.3) is 0 Å². The van der Waals surface area contributed by atoms with E-state index < -0.39 is 5.82 Å². The first kappa shape index (κ1) is 9.85. The molecule has 6 heteroatoms. The molecule has 2 N–H and O–H groups in total. The molecule has 0 amide bonds. The van der Waals surface area contributed by atoms with E-state index in [1.807, 2.05) is 0 Å². The minimum Gasteiger partial charge on any atom is -0.508 e. The molecule has 0 saturated heterocycles. The van der Waals surface area contributed by atoms with Crippen LogP contribution in [0.4, 0.5) is 9.39 Å². The zero-order chi connectivity index (χ0) is 10.7. The summed E-state index contributed by atoms with van der Waals surface area (Å²) in [5.74, 6) is -0.525. The molecule has 0 fully saturated rings. The first-order valence-corrected chi connectivity index (χ1v) is 5.01. The summed E-state index contributed by atoms with van der Waals surface area (Å²) in [5, 5.41) is 16.6. The van der Waals surface area contributed by atoms with Crippen LogP contribution in [0.3, 0.4) is 0 Å². The first-order chi connectivity index (χ1) is 7.24. The average Bonchev–Trinajstić information content (AvgIpc) is 2.65. The summed E-state index contributed by atoms with van der Waals surface area (Å²) in [5.41, 5.74) is 0.668. The summed E-state index contributed by atoms with van der Waals surface area (Å²) in [6, 6.07) is 3.93. The van der Waals surface area contributed by atoms with E-state index in [-0.39, 0.29) is 5.75 Å². The van der Waals surface area contributed by atoms with Crippen molar-refractivity contribution in [3.8, 4) is 5.75 Å². The van der Waals surface area contributed by atoms with Gasteiger partial charge < -0.3 is 10.4 Å². The number of phenols is 1. The summed E-state index contributed by atoms with van der Waals surface area (Å²) in [4.78, 5) is 0. The van der Waals surface area contributed by atoms with Crippen molar-refractivity contribution in [1.82, 2.24) is 9.59 Å². The molecule has 1 heterocycles. The molecule has 1 aromatic carbocycles. The van der Waals surface area contributed by atoms with Crippen LogP contribution in [0.2, 0.25) is 0 Å². The molecule has 0 saturated carbocycles. The Bertz CT molecular complexity index is 426. The van der Waals surface area contributed by atoms with Gasteiger partial charge in [0.05, 0.1) is 6.20 Å². The van der Waals surface area contributed by atoms with Gasteiger partial charge >= 0.3 is 0 Å². The van der Waals surface area contributed by atoms with E-state index >= 15 is 0 Å². The van der Waals surface area contributed by atoms with Crippen molar-refractivity contribution >= 4 is 16.5 Å². The highest BCUT2D eigenvalue weighted by molar-refractivity contribution is 7.09. The second kappa shape index (κ2) is 4.22. The van der Waals surface area contributed by atoms with E-state index in [2.05, 4.69) is 14.9 Å². The van der Waals surface area contributed by atoms with E-state index in [9.17, 15) is 4.39 Å². The van der Waals surface area contributed by atoms with Gasteiger partial charge in [-0.05, 0) is 17.7 Å². The van der Waals surface area contributed by atoms with E-state index in [0.717, 1.165) is 11.1 Å². The maximum absolute atomic E-state index is 12.9. The second-order valence-corrected chi connectivity index (χ2v) is 3.74. The molecule has 0 spiro atoms. The molecule has 0 radical (unpaired) electrons. The molecule has 0 bridgehead atoms. The summed E-state index contributed by atoms with van der Waals surface area (Å²) >= 11 is 1.22. The fourth-order valence-electron chi connectivity index (χ4n) is 1.17. The van der Waals surface area contributed by atoms with Crippen LogP contribution in [0, 0.1) is 5.82 Å². The molecule has 2 aromatic rings. The Kier molecular flexibility index (Phi) is 2.77. The van der Waals surface area contributed by atoms with E-state index in [0.29, 0.717) is 12.1 Å². The average molecular weight is 225 g/mol. The number of hydrogen-bond acceptors (Lipinski definition) is 5. The fourth-order valence-corrected chi connectivity index (χ4v) is 1.58. The Labute approximate surface area is 89.6 Å². The molecular formula is C9H8FN3OS. The molecular weight excluding hydrogens is 217 g/mol. The van der Waals surface area contributed by atoms with Crippen LogP contribution in [0.5, 0.6) is 5.75 Å². The van der Waals surface area contributed by atoms with Gasteiger partial charge in [-0.3, -0.25) is 0 Å². The molecule has 1 aromatic heterocycles. The Morgan fingerprint density at radius 2 is 2.27 bits per heavy atom. The quantitative estimate of drug-likeness (QED) is 0.838. The topological polar surface area (TPSA) is 58.0 Å². The summed E-state index contributed by atoms with van der Waals surface area (Å²) in [6.45, 7) is 0.426. The first-order valence-electron chi connectivity index (χ1n) is 4.24.